The van der Waals surface area contributed by atoms with Gasteiger partial charge >= 0.3 is 10.2 Å². The number of rotatable bonds is 3. The van der Waals surface area contributed by atoms with Crippen molar-refractivity contribution in [1.82, 2.24) is 4.31 Å². The van der Waals surface area contributed by atoms with Gasteiger partial charge in [-0.2, -0.15) is 12.7 Å². The van der Waals surface area contributed by atoms with E-state index in [0.717, 1.165) is 25.3 Å². The van der Waals surface area contributed by atoms with Gasteiger partial charge in [0.2, 0.25) is 0 Å². The molecule has 0 atom stereocenters. The lowest BCUT2D eigenvalue weighted by molar-refractivity contribution is 0.349. The summed E-state index contributed by atoms with van der Waals surface area (Å²) >= 11 is 0. The summed E-state index contributed by atoms with van der Waals surface area (Å²) in [5.74, 6) is -0.492. The number of nitrogens with one attached hydrogen (secondary N) is 1. The Hall–Kier alpha value is -1.34. The first-order valence-corrected chi connectivity index (χ1v) is 7.26. The molecule has 1 aliphatic rings. The molecule has 0 amide bonds. The molecule has 18 heavy (non-hydrogen) atoms. The second-order valence-corrected chi connectivity index (χ2v) is 5.97. The van der Waals surface area contributed by atoms with Crippen LogP contribution in [0.3, 0.4) is 0 Å². The molecule has 100 valence electrons. The first kappa shape index (κ1) is 13.1. The molecule has 0 radical (unpaired) electrons. The number of hydrogen-bond acceptors (Lipinski definition) is 3. The number of benzene rings is 1. The van der Waals surface area contributed by atoms with E-state index in [-0.39, 0.29) is 11.4 Å². The number of piperidine rings is 1. The molecule has 3 N–H and O–H groups in total. The Bertz CT molecular complexity index is 527. The summed E-state index contributed by atoms with van der Waals surface area (Å²) in [7, 11) is -3.59. The zero-order valence-electron chi connectivity index (χ0n) is 9.89. The summed E-state index contributed by atoms with van der Waals surface area (Å²) in [5.41, 5.74) is 5.86. The third-order valence-corrected chi connectivity index (χ3v) is 4.43. The van der Waals surface area contributed by atoms with Gasteiger partial charge in [-0.15, -0.1) is 0 Å². The summed E-state index contributed by atoms with van der Waals surface area (Å²) in [6.07, 6.45) is 2.77. The average Bonchev–Trinajstić information content (AvgIpc) is 2.34. The van der Waals surface area contributed by atoms with Crippen LogP contribution in [-0.4, -0.2) is 25.8 Å². The highest BCUT2D eigenvalue weighted by Gasteiger charge is 2.24. The first-order chi connectivity index (χ1) is 8.49. The molecule has 5 nitrogen and oxygen atoms in total. The molecule has 1 aromatic carbocycles. The van der Waals surface area contributed by atoms with Crippen molar-refractivity contribution < 1.29 is 12.8 Å². The molecule has 0 saturated carbocycles. The van der Waals surface area contributed by atoms with Crippen LogP contribution in [-0.2, 0) is 10.2 Å². The van der Waals surface area contributed by atoms with Crippen LogP contribution in [0.1, 0.15) is 19.3 Å². The van der Waals surface area contributed by atoms with Crippen LogP contribution < -0.4 is 10.5 Å². The molecule has 0 aliphatic carbocycles. The minimum absolute atomic E-state index is 0.0792. The van der Waals surface area contributed by atoms with Gasteiger partial charge in [0, 0.05) is 13.1 Å². The Balaban J connectivity index is 2.16. The van der Waals surface area contributed by atoms with Gasteiger partial charge in [0.05, 0.1) is 11.4 Å². The molecule has 1 heterocycles. The lowest BCUT2D eigenvalue weighted by Gasteiger charge is -2.26. The van der Waals surface area contributed by atoms with Gasteiger partial charge in [0.1, 0.15) is 5.82 Å². The molecule has 1 aliphatic heterocycles. The van der Waals surface area contributed by atoms with Crippen molar-refractivity contribution in [2.75, 3.05) is 23.5 Å². The van der Waals surface area contributed by atoms with Crippen LogP contribution in [0.25, 0.3) is 0 Å². The Morgan fingerprint density at radius 3 is 2.50 bits per heavy atom. The maximum atomic E-state index is 12.9. The first-order valence-electron chi connectivity index (χ1n) is 5.82. The second-order valence-electron chi connectivity index (χ2n) is 4.30. The number of hydrogen-bond donors (Lipinski definition) is 2. The van der Waals surface area contributed by atoms with Gasteiger partial charge < -0.3 is 5.73 Å². The number of nitrogen functional groups attached to an aromatic ring is 1. The second kappa shape index (κ2) is 5.11. The molecule has 0 aromatic heterocycles. The summed E-state index contributed by atoms with van der Waals surface area (Å²) in [5, 5.41) is 0. The van der Waals surface area contributed by atoms with Crippen LogP contribution in [0, 0.1) is 5.82 Å². The van der Waals surface area contributed by atoms with E-state index in [9.17, 15) is 12.8 Å². The van der Waals surface area contributed by atoms with Gasteiger partial charge in [-0.1, -0.05) is 6.42 Å². The lowest BCUT2D eigenvalue weighted by Crippen LogP contribution is -2.39. The minimum Gasteiger partial charge on any atom is -0.397 e. The number of nitrogens with two attached hydrogens (primary N) is 1. The van der Waals surface area contributed by atoms with Crippen molar-refractivity contribution in [3.63, 3.8) is 0 Å². The third kappa shape index (κ3) is 2.91. The molecular formula is C11H16FN3O2S. The van der Waals surface area contributed by atoms with Crippen molar-refractivity contribution in [3.05, 3.63) is 24.0 Å². The van der Waals surface area contributed by atoms with E-state index >= 15 is 0 Å². The molecule has 1 saturated heterocycles. The molecule has 1 fully saturated rings. The molecule has 1 aromatic rings. The van der Waals surface area contributed by atoms with E-state index in [0.29, 0.717) is 13.1 Å². The number of nitrogens with zero attached hydrogens (tertiary/aromatic N) is 1. The van der Waals surface area contributed by atoms with Crippen LogP contribution in [0.15, 0.2) is 18.2 Å². The van der Waals surface area contributed by atoms with Gasteiger partial charge in [-0.05, 0) is 31.0 Å². The smallest absolute Gasteiger partial charge is 0.301 e. The molecule has 2 rings (SSSR count). The molecule has 0 unspecified atom stereocenters. The monoisotopic (exact) mass is 273 g/mol. The fourth-order valence-electron chi connectivity index (χ4n) is 1.94. The lowest BCUT2D eigenvalue weighted by atomic mass is 10.2. The Labute approximate surface area is 106 Å². The third-order valence-electron chi connectivity index (χ3n) is 2.91. The number of halogens is 1. The Kier molecular flexibility index (Phi) is 3.72. The van der Waals surface area contributed by atoms with Crippen LogP contribution in [0.2, 0.25) is 0 Å². The average molecular weight is 273 g/mol. The van der Waals surface area contributed by atoms with E-state index < -0.39 is 16.0 Å². The molecule has 7 heteroatoms. The zero-order chi connectivity index (χ0) is 13.2. The largest absolute Gasteiger partial charge is 0.397 e. The van der Waals surface area contributed by atoms with Crippen molar-refractivity contribution in [2.24, 2.45) is 0 Å². The Morgan fingerprint density at radius 2 is 1.89 bits per heavy atom. The van der Waals surface area contributed by atoms with Crippen molar-refractivity contribution >= 4 is 21.6 Å². The van der Waals surface area contributed by atoms with E-state index in [1.165, 1.54) is 16.4 Å². The zero-order valence-corrected chi connectivity index (χ0v) is 10.7. The van der Waals surface area contributed by atoms with Gasteiger partial charge in [0.15, 0.2) is 0 Å². The van der Waals surface area contributed by atoms with Crippen LogP contribution in [0.4, 0.5) is 15.8 Å². The number of anilines is 2. The predicted molar refractivity (Wildman–Crippen MR) is 68.8 cm³/mol. The topological polar surface area (TPSA) is 75.4 Å². The molecular weight excluding hydrogens is 257 g/mol. The minimum atomic E-state index is -3.59. The maximum absolute atomic E-state index is 12.9. The summed E-state index contributed by atoms with van der Waals surface area (Å²) in [6, 6.07) is 3.59. The summed E-state index contributed by atoms with van der Waals surface area (Å²) in [6.45, 7) is 1.02. The standard InChI is InChI=1S/C11H16FN3O2S/c12-9-4-5-11(10(13)8-9)14-18(16,17)15-6-2-1-3-7-15/h4-5,8,14H,1-3,6-7,13H2. The highest BCUT2D eigenvalue weighted by Crippen LogP contribution is 2.22. The van der Waals surface area contributed by atoms with E-state index in [4.69, 9.17) is 5.73 Å². The van der Waals surface area contributed by atoms with Gasteiger partial charge in [-0.3, -0.25) is 4.72 Å². The fraction of sp³-hybridized carbons (Fsp3) is 0.455. The normalized spacial score (nSPS) is 17.6. The van der Waals surface area contributed by atoms with Gasteiger partial charge in [0.25, 0.3) is 0 Å². The molecule has 0 bridgehead atoms. The predicted octanol–water partition coefficient (Wildman–Crippen LogP) is 1.55. The van der Waals surface area contributed by atoms with E-state index in [2.05, 4.69) is 4.72 Å². The van der Waals surface area contributed by atoms with Crippen molar-refractivity contribution in [2.45, 2.75) is 19.3 Å². The van der Waals surface area contributed by atoms with Crippen LogP contribution >= 0.6 is 0 Å². The van der Waals surface area contributed by atoms with Crippen molar-refractivity contribution in [1.29, 1.82) is 0 Å². The maximum Gasteiger partial charge on any atom is 0.301 e. The van der Waals surface area contributed by atoms with Crippen molar-refractivity contribution in [3.8, 4) is 0 Å². The highest BCUT2D eigenvalue weighted by atomic mass is 32.2. The fourth-order valence-corrected chi connectivity index (χ4v) is 3.27. The SMILES string of the molecule is Nc1cc(F)ccc1NS(=O)(=O)N1CCCCC1. The Morgan fingerprint density at radius 1 is 1.22 bits per heavy atom. The van der Waals surface area contributed by atoms with E-state index in [1.807, 2.05) is 0 Å². The quantitative estimate of drug-likeness (QED) is 0.820. The summed E-state index contributed by atoms with van der Waals surface area (Å²) in [4.78, 5) is 0. The van der Waals surface area contributed by atoms with Crippen LogP contribution in [0.5, 0.6) is 0 Å². The highest BCUT2D eigenvalue weighted by molar-refractivity contribution is 7.90. The molecule has 0 spiro atoms. The summed E-state index contributed by atoms with van der Waals surface area (Å²) < 4.78 is 40.8. The van der Waals surface area contributed by atoms with E-state index in [1.54, 1.807) is 0 Å². The van der Waals surface area contributed by atoms with Gasteiger partial charge in [-0.25, -0.2) is 4.39 Å².